The molecule has 2 N–H and O–H groups in total. The minimum Gasteiger partial charge on any atom is -0.467 e. The number of carbonyl (C=O) groups is 4. The number of carbonyl (C=O) groups excluding carboxylic acids is 3. The van der Waals surface area contributed by atoms with Crippen molar-refractivity contribution < 1.29 is 42.9 Å². The van der Waals surface area contributed by atoms with E-state index >= 15 is 4.79 Å². The Balaban J connectivity index is 1.77. The molecule has 2 atom stereocenters. The monoisotopic (exact) mass is 726 g/mol. The number of Topliss-reactive ketones (excluding diaryl/α,β-unsaturated/α-hetero) is 1. The Hall–Kier alpha value is -5.04. The Morgan fingerprint density at radius 2 is 1.44 bits per heavy atom. The molecule has 2 amide bonds. The minimum absolute atomic E-state index is 0.0461. The van der Waals surface area contributed by atoms with E-state index in [1.165, 1.54) is 19.2 Å². The first-order valence-electron chi connectivity index (χ1n) is 17.2. The zero-order chi connectivity index (χ0) is 37.7. The van der Waals surface area contributed by atoms with E-state index in [0.29, 0.717) is 0 Å². The van der Waals surface area contributed by atoms with Crippen molar-refractivity contribution in [3.8, 4) is 5.75 Å². The number of hydrogen-bond donors (Lipinski definition) is 2. The number of benzene rings is 4. The molecule has 1 heterocycles. The normalized spacial score (nSPS) is 19.4. The fourth-order valence-corrected chi connectivity index (χ4v) is 7.78. The summed E-state index contributed by atoms with van der Waals surface area (Å²) in [7, 11) is -1.43. The summed E-state index contributed by atoms with van der Waals surface area (Å²) in [5, 5.41) is 14.7. The van der Waals surface area contributed by atoms with E-state index < -0.39 is 55.0 Å². The van der Waals surface area contributed by atoms with Gasteiger partial charge in [0.25, 0.3) is 11.8 Å². The van der Waals surface area contributed by atoms with Gasteiger partial charge in [-0.2, -0.15) is 0 Å². The average Bonchev–Trinajstić information content (AvgIpc) is 3.27. The third-order valence-electron chi connectivity index (χ3n) is 9.87. The van der Waals surface area contributed by atoms with Crippen molar-refractivity contribution in [2.45, 2.75) is 69.6 Å². The van der Waals surface area contributed by atoms with E-state index in [-0.39, 0.29) is 48.6 Å². The van der Waals surface area contributed by atoms with Crippen LogP contribution in [0.4, 0.5) is 4.79 Å². The van der Waals surface area contributed by atoms with Crippen molar-refractivity contribution >= 4 is 42.8 Å². The molecule has 0 saturated carbocycles. The Morgan fingerprint density at radius 3 is 2.02 bits per heavy atom. The highest BCUT2D eigenvalue weighted by atomic mass is 28.4. The smallest absolute Gasteiger partial charge is 0.411 e. The van der Waals surface area contributed by atoms with Gasteiger partial charge in [0, 0.05) is 19.2 Å². The second kappa shape index (κ2) is 15.3. The predicted octanol–water partition coefficient (Wildman–Crippen LogP) is 7.87. The first-order valence-corrected chi connectivity index (χ1v) is 20.1. The molecule has 1 aliphatic rings. The number of fused-ring (bicyclic) bond motifs is 1. The van der Waals surface area contributed by atoms with Gasteiger partial charge in [-0.3, -0.25) is 19.8 Å². The van der Waals surface area contributed by atoms with Gasteiger partial charge in [-0.1, -0.05) is 81.4 Å². The molecule has 0 aromatic heterocycles. The second-order valence-electron chi connectivity index (χ2n) is 14.5. The average molecular weight is 727 g/mol. The van der Waals surface area contributed by atoms with Crippen LogP contribution >= 0.6 is 0 Å². The Bertz CT molecular complexity index is 1870. The molecule has 12 heteroatoms. The molecule has 4 aromatic rings. The van der Waals surface area contributed by atoms with E-state index in [4.69, 9.17) is 18.6 Å². The predicted molar refractivity (Wildman–Crippen MR) is 199 cm³/mol. The lowest BCUT2D eigenvalue weighted by molar-refractivity contribution is -0.139. The summed E-state index contributed by atoms with van der Waals surface area (Å²) in [6.45, 7) is 9.73. The van der Waals surface area contributed by atoms with Gasteiger partial charge in [-0.05, 0) is 78.1 Å². The van der Waals surface area contributed by atoms with Gasteiger partial charge in [-0.15, -0.1) is 0 Å². The van der Waals surface area contributed by atoms with Crippen LogP contribution in [0.1, 0.15) is 71.1 Å². The highest BCUT2D eigenvalue weighted by molar-refractivity contribution is 6.74. The Morgan fingerprint density at radius 1 is 0.865 bits per heavy atom. The number of ether oxygens (including phenoxy) is 3. The van der Waals surface area contributed by atoms with Crippen molar-refractivity contribution in [1.29, 1.82) is 0 Å². The number of carboxylic acid groups (broad SMARTS) is 1. The highest BCUT2D eigenvalue weighted by Gasteiger charge is 2.59. The summed E-state index contributed by atoms with van der Waals surface area (Å²) in [6.07, 6.45) is -1.82. The second-order valence-corrected chi connectivity index (χ2v) is 19.2. The number of amides is 2. The Labute approximate surface area is 304 Å². The fraction of sp³-hybridized carbons (Fsp3) is 0.350. The van der Waals surface area contributed by atoms with Crippen molar-refractivity contribution in [3.63, 3.8) is 0 Å². The molecule has 1 fully saturated rings. The third-order valence-corrected chi connectivity index (χ3v) is 14.4. The van der Waals surface area contributed by atoms with Crippen LogP contribution < -0.4 is 10.1 Å². The maximum atomic E-state index is 15.5. The molecule has 4 aromatic carbocycles. The van der Waals surface area contributed by atoms with Crippen LogP contribution in [0.3, 0.4) is 0 Å². The van der Waals surface area contributed by atoms with Crippen LogP contribution in [0.25, 0.3) is 10.8 Å². The largest absolute Gasteiger partial charge is 0.467 e. The summed E-state index contributed by atoms with van der Waals surface area (Å²) < 4.78 is 24.6. The van der Waals surface area contributed by atoms with Crippen LogP contribution in [-0.4, -0.2) is 74.0 Å². The SMILES string of the molecule is COCOc1cc2ccccc2cc1C(=O)C1(O[Si](C)(C)C(C)(C)C)CCCN(C(=O)O)C(NC(=O)c2ccccc2)(OC(=O)c2ccccc2)C1. The first-order chi connectivity index (χ1) is 24.6. The molecule has 0 bridgehead atoms. The molecule has 274 valence electrons. The van der Waals surface area contributed by atoms with E-state index in [1.54, 1.807) is 60.7 Å². The molecule has 5 rings (SSSR count). The number of likely N-dealkylation sites (tertiary alicyclic amines) is 1. The highest BCUT2D eigenvalue weighted by Crippen LogP contribution is 2.47. The van der Waals surface area contributed by atoms with Gasteiger partial charge in [-0.25, -0.2) is 9.59 Å². The molecule has 0 radical (unpaired) electrons. The van der Waals surface area contributed by atoms with Gasteiger partial charge < -0.3 is 23.7 Å². The number of hydrogen-bond acceptors (Lipinski definition) is 8. The van der Waals surface area contributed by atoms with Crippen molar-refractivity contribution in [2.75, 3.05) is 20.4 Å². The molecule has 2 unspecified atom stereocenters. The zero-order valence-corrected chi connectivity index (χ0v) is 31.4. The van der Waals surface area contributed by atoms with Crippen LogP contribution in [-0.2, 0) is 13.9 Å². The van der Waals surface area contributed by atoms with E-state index in [2.05, 4.69) is 5.32 Å². The number of methoxy groups -OCH3 is 1. The molecule has 1 aliphatic heterocycles. The lowest BCUT2D eigenvalue weighted by atomic mass is 9.83. The van der Waals surface area contributed by atoms with E-state index in [9.17, 15) is 19.5 Å². The lowest BCUT2D eigenvalue weighted by Gasteiger charge is -2.48. The number of esters is 1. The van der Waals surface area contributed by atoms with Gasteiger partial charge in [0.15, 0.2) is 20.9 Å². The minimum atomic E-state index is -2.90. The standard InChI is InChI=1S/C40H46N2O9Si/c1-38(2,3)52(5,6)51-39(34(43)32-24-30-20-13-14-21-31(30)25-33(32)49-27-48-4)22-15-23-42(37(46)47)40(26-39,41-35(44)28-16-9-7-10-17-28)50-36(45)29-18-11-8-12-19-29/h7-14,16-21,24-25H,15,22-23,26-27H2,1-6H3,(H,41,44)(H,46,47). The van der Waals surface area contributed by atoms with Gasteiger partial charge >= 0.3 is 12.1 Å². The number of nitrogens with zero attached hydrogens (tertiary/aromatic N) is 1. The first kappa shape index (κ1) is 38.2. The number of ketones is 1. The third kappa shape index (κ3) is 8.04. The lowest BCUT2D eigenvalue weighted by Crippen LogP contribution is -2.68. The summed E-state index contributed by atoms with van der Waals surface area (Å²) >= 11 is 0. The summed E-state index contributed by atoms with van der Waals surface area (Å²) in [4.78, 5) is 57.7. The summed E-state index contributed by atoms with van der Waals surface area (Å²) in [5.74, 6) is -4.27. The zero-order valence-electron chi connectivity index (χ0n) is 30.4. The van der Waals surface area contributed by atoms with Gasteiger partial charge in [0.05, 0.1) is 17.5 Å². The van der Waals surface area contributed by atoms with Crippen LogP contribution in [0.5, 0.6) is 5.75 Å². The van der Waals surface area contributed by atoms with E-state index in [0.717, 1.165) is 15.7 Å². The van der Waals surface area contributed by atoms with Gasteiger partial charge in [0.1, 0.15) is 11.4 Å². The molecule has 0 aliphatic carbocycles. The van der Waals surface area contributed by atoms with Crippen molar-refractivity contribution in [1.82, 2.24) is 10.2 Å². The Kier molecular flexibility index (Phi) is 11.2. The van der Waals surface area contributed by atoms with Crippen molar-refractivity contribution in [2.24, 2.45) is 0 Å². The van der Waals surface area contributed by atoms with Crippen LogP contribution in [0, 0.1) is 0 Å². The molecular weight excluding hydrogens is 681 g/mol. The fourth-order valence-electron chi connectivity index (χ4n) is 6.23. The maximum Gasteiger partial charge on any atom is 0.411 e. The number of rotatable bonds is 11. The van der Waals surface area contributed by atoms with E-state index in [1.807, 2.05) is 58.1 Å². The molecular formula is C40H46N2O9Si. The summed E-state index contributed by atoms with van der Waals surface area (Å²) in [5.41, 5.74) is -1.32. The quantitative estimate of drug-likeness (QED) is 0.0684. The maximum absolute atomic E-state index is 15.5. The number of nitrogens with one attached hydrogen (secondary N) is 1. The van der Waals surface area contributed by atoms with Crippen LogP contribution in [0.15, 0.2) is 97.1 Å². The van der Waals surface area contributed by atoms with Crippen molar-refractivity contribution in [3.05, 3.63) is 114 Å². The summed E-state index contributed by atoms with van der Waals surface area (Å²) in [6, 6.07) is 27.2. The molecule has 0 spiro atoms. The molecule has 11 nitrogen and oxygen atoms in total. The van der Waals surface area contributed by atoms with Crippen LogP contribution in [0.2, 0.25) is 18.1 Å². The van der Waals surface area contributed by atoms with Gasteiger partial charge in [0.2, 0.25) is 0 Å². The topological polar surface area (TPSA) is 141 Å². The molecule has 52 heavy (non-hydrogen) atoms. The molecule has 1 saturated heterocycles.